The second-order valence-electron chi connectivity index (χ2n) is 6.36. The van der Waals surface area contributed by atoms with Crippen LogP contribution in [0.5, 0.6) is 0 Å². The van der Waals surface area contributed by atoms with Gasteiger partial charge in [0.2, 0.25) is 0 Å². The van der Waals surface area contributed by atoms with Crippen LogP contribution in [0.1, 0.15) is 29.3 Å². The molecule has 0 aliphatic carbocycles. The van der Waals surface area contributed by atoms with Crippen molar-refractivity contribution < 1.29 is 0 Å². The van der Waals surface area contributed by atoms with Crippen LogP contribution < -0.4 is 15.5 Å². The molecule has 0 unspecified atom stereocenters. The number of aryl methyl sites for hydroxylation is 2. The summed E-state index contributed by atoms with van der Waals surface area (Å²) in [4.78, 5) is 11.3. The molecule has 1 heterocycles. The molecular weight excluding hydrogens is 437 g/mol. The lowest BCUT2D eigenvalue weighted by Gasteiger charge is -2.14. The number of guanidine groups is 1. The number of aliphatic imine (C=N–C) groups is 1. The topological polar surface area (TPSA) is 52.6 Å². The second-order valence-corrected chi connectivity index (χ2v) is 6.36. The van der Waals surface area contributed by atoms with Gasteiger partial charge in [0.05, 0.1) is 18.8 Å². The van der Waals surface area contributed by atoms with Gasteiger partial charge in [0, 0.05) is 20.6 Å². The lowest BCUT2D eigenvalue weighted by atomic mass is 10.1. The normalized spacial score (nSPS) is 10.9. The minimum absolute atomic E-state index is 0. The van der Waals surface area contributed by atoms with Crippen LogP contribution in [0, 0.1) is 13.8 Å². The van der Waals surface area contributed by atoms with Crippen LogP contribution in [0.25, 0.3) is 0 Å². The van der Waals surface area contributed by atoms with E-state index in [0.29, 0.717) is 13.1 Å². The molecule has 0 atom stereocenters. The summed E-state index contributed by atoms with van der Waals surface area (Å²) in [6.07, 6.45) is 0. The molecule has 0 saturated carbocycles. The van der Waals surface area contributed by atoms with Gasteiger partial charge in [-0.15, -0.1) is 24.0 Å². The number of nitrogens with zero attached hydrogens (tertiary/aromatic N) is 3. The first-order valence-electron chi connectivity index (χ1n) is 8.71. The van der Waals surface area contributed by atoms with Gasteiger partial charge >= 0.3 is 0 Å². The number of hydrogen-bond donors (Lipinski definition) is 2. The third-order valence-corrected chi connectivity index (χ3v) is 3.94. The van der Waals surface area contributed by atoms with Gasteiger partial charge in [-0.1, -0.05) is 29.8 Å². The van der Waals surface area contributed by atoms with E-state index in [1.807, 2.05) is 37.2 Å². The molecule has 0 fully saturated rings. The van der Waals surface area contributed by atoms with Crippen molar-refractivity contribution in [2.75, 3.05) is 25.5 Å². The van der Waals surface area contributed by atoms with E-state index in [1.54, 1.807) is 0 Å². The first-order valence-corrected chi connectivity index (χ1v) is 8.71. The highest BCUT2D eigenvalue weighted by atomic mass is 127. The summed E-state index contributed by atoms with van der Waals surface area (Å²) in [5.41, 5.74) is 4.79. The molecule has 0 bridgehead atoms. The zero-order valence-corrected chi connectivity index (χ0v) is 18.7. The van der Waals surface area contributed by atoms with Crippen molar-refractivity contribution in [3.05, 3.63) is 58.8 Å². The quantitative estimate of drug-likeness (QED) is 0.387. The van der Waals surface area contributed by atoms with Crippen molar-refractivity contribution in [1.29, 1.82) is 0 Å². The maximum Gasteiger partial charge on any atom is 0.191 e. The van der Waals surface area contributed by atoms with E-state index in [-0.39, 0.29) is 24.0 Å². The molecule has 2 aromatic rings. The Morgan fingerprint density at radius 3 is 2.54 bits per heavy atom. The lowest BCUT2D eigenvalue weighted by molar-refractivity contribution is 0.797. The van der Waals surface area contributed by atoms with Crippen molar-refractivity contribution in [3.63, 3.8) is 0 Å². The molecule has 2 rings (SSSR count). The zero-order chi connectivity index (χ0) is 18.2. The Balaban J connectivity index is 0.00000338. The van der Waals surface area contributed by atoms with Crippen LogP contribution >= 0.6 is 24.0 Å². The van der Waals surface area contributed by atoms with Gasteiger partial charge in [0.25, 0.3) is 0 Å². The van der Waals surface area contributed by atoms with E-state index >= 15 is 0 Å². The highest BCUT2D eigenvalue weighted by molar-refractivity contribution is 14.0. The van der Waals surface area contributed by atoms with Gasteiger partial charge in [-0.2, -0.15) is 0 Å². The number of hydrogen-bond acceptors (Lipinski definition) is 3. The van der Waals surface area contributed by atoms with Crippen LogP contribution in [-0.2, 0) is 13.1 Å². The lowest BCUT2D eigenvalue weighted by Crippen LogP contribution is -2.37. The average Bonchev–Trinajstić information content (AvgIpc) is 2.59. The summed E-state index contributed by atoms with van der Waals surface area (Å²) < 4.78 is 0. The first-order chi connectivity index (χ1) is 12.0. The fourth-order valence-corrected chi connectivity index (χ4v) is 2.52. The molecule has 0 aliphatic rings. The third-order valence-electron chi connectivity index (χ3n) is 3.94. The average molecular weight is 467 g/mol. The van der Waals surface area contributed by atoms with Crippen LogP contribution in [0.4, 0.5) is 5.82 Å². The molecule has 2 N–H and O–H groups in total. The van der Waals surface area contributed by atoms with Crippen molar-refractivity contribution in [2.45, 2.75) is 33.9 Å². The van der Waals surface area contributed by atoms with Gasteiger partial charge < -0.3 is 15.5 Å². The summed E-state index contributed by atoms with van der Waals surface area (Å²) in [5, 5.41) is 6.65. The largest absolute Gasteiger partial charge is 0.363 e. The third kappa shape index (κ3) is 6.82. The Morgan fingerprint density at radius 1 is 1.12 bits per heavy atom. The Hall–Kier alpha value is -1.83. The highest BCUT2D eigenvalue weighted by Crippen LogP contribution is 2.11. The van der Waals surface area contributed by atoms with Gasteiger partial charge in [-0.25, -0.2) is 9.98 Å². The monoisotopic (exact) mass is 467 g/mol. The van der Waals surface area contributed by atoms with E-state index in [4.69, 9.17) is 4.99 Å². The molecule has 0 aliphatic heterocycles. The second kappa shape index (κ2) is 11.0. The number of pyridine rings is 1. The maximum atomic E-state index is 4.70. The molecule has 6 heteroatoms. The Morgan fingerprint density at radius 2 is 1.88 bits per heavy atom. The minimum Gasteiger partial charge on any atom is -0.363 e. The Kier molecular flexibility index (Phi) is 9.40. The van der Waals surface area contributed by atoms with Crippen molar-refractivity contribution >= 4 is 35.8 Å². The molecule has 142 valence electrons. The number of aromatic nitrogens is 1. The van der Waals surface area contributed by atoms with Crippen molar-refractivity contribution in [1.82, 2.24) is 15.6 Å². The number of nitrogens with one attached hydrogen (secondary N) is 2. The summed E-state index contributed by atoms with van der Waals surface area (Å²) in [6.45, 7) is 8.44. The van der Waals surface area contributed by atoms with Gasteiger partial charge in [0.15, 0.2) is 5.96 Å². The van der Waals surface area contributed by atoms with Gasteiger partial charge in [-0.3, -0.25) is 0 Å². The van der Waals surface area contributed by atoms with Crippen LogP contribution in [0.2, 0.25) is 0 Å². The molecule has 0 spiro atoms. The van der Waals surface area contributed by atoms with Crippen LogP contribution in [0.3, 0.4) is 0 Å². The predicted molar refractivity (Wildman–Crippen MR) is 122 cm³/mol. The van der Waals surface area contributed by atoms with Gasteiger partial charge in [0.1, 0.15) is 5.82 Å². The molecule has 1 aromatic carbocycles. The van der Waals surface area contributed by atoms with Crippen LogP contribution in [0.15, 0.2) is 41.4 Å². The number of halogens is 1. The predicted octanol–water partition coefficient (Wildman–Crippen LogP) is 3.64. The summed E-state index contributed by atoms with van der Waals surface area (Å²) in [7, 11) is 3.99. The highest BCUT2D eigenvalue weighted by Gasteiger charge is 2.03. The van der Waals surface area contributed by atoms with E-state index in [1.165, 1.54) is 16.7 Å². The smallest absolute Gasteiger partial charge is 0.191 e. The fraction of sp³-hybridized carbons (Fsp3) is 0.400. The molecular formula is C20H30IN5. The zero-order valence-electron chi connectivity index (χ0n) is 16.3. The summed E-state index contributed by atoms with van der Waals surface area (Å²) in [6, 6.07) is 12.5. The van der Waals surface area contributed by atoms with Crippen molar-refractivity contribution in [3.8, 4) is 0 Å². The summed E-state index contributed by atoms with van der Waals surface area (Å²) in [5.74, 6) is 1.76. The summed E-state index contributed by atoms with van der Waals surface area (Å²) >= 11 is 0. The number of anilines is 1. The molecule has 5 nitrogen and oxygen atoms in total. The number of benzene rings is 1. The fourth-order valence-electron chi connectivity index (χ4n) is 2.52. The Bertz CT molecular complexity index is 728. The van der Waals surface area contributed by atoms with E-state index < -0.39 is 0 Å². The number of rotatable bonds is 6. The van der Waals surface area contributed by atoms with E-state index in [0.717, 1.165) is 24.0 Å². The van der Waals surface area contributed by atoms with Crippen molar-refractivity contribution in [2.24, 2.45) is 4.99 Å². The standard InChI is InChI=1S/C20H29N5.HI/c1-6-21-20(22-13-17-11-10-15(2)12-16(17)3)23-14-18-8-7-9-19(24-18)25(4)5;/h7-12H,6,13-14H2,1-5H3,(H2,21,22,23);1H. The molecule has 0 amide bonds. The maximum absolute atomic E-state index is 4.70. The van der Waals surface area contributed by atoms with E-state index in [2.05, 4.69) is 54.6 Å². The first kappa shape index (κ1) is 22.2. The molecule has 26 heavy (non-hydrogen) atoms. The SMILES string of the molecule is CCNC(=NCc1ccc(C)cc1C)NCc1cccc(N(C)C)n1.I. The molecule has 0 radical (unpaired) electrons. The van der Waals surface area contributed by atoms with Crippen LogP contribution in [-0.4, -0.2) is 31.6 Å². The van der Waals surface area contributed by atoms with Gasteiger partial charge in [-0.05, 0) is 44.0 Å². The molecule has 0 saturated heterocycles. The minimum atomic E-state index is 0. The van der Waals surface area contributed by atoms with E-state index in [9.17, 15) is 0 Å². The Labute approximate surface area is 174 Å². The molecule has 1 aromatic heterocycles.